The smallest absolute Gasteiger partial charge is 0.159 e. The minimum atomic E-state index is 0.246. The molecule has 0 unspecified atom stereocenters. The van der Waals surface area contributed by atoms with E-state index in [1.165, 1.54) is 5.56 Å². The van der Waals surface area contributed by atoms with E-state index in [0.717, 1.165) is 28.9 Å². The Bertz CT molecular complexity index is 470. The zero-order chi connectivity index (χ0) is 11.7. The van der Waals surface area contributed by atoms with E-state index in [2.05, 4.69) is 6.07 Å². The Morgan fingerprint density at radius 2 is 2.19 bits per heavy atom. The largest absolute Gasteiger partial charge is 0.496 e. The molecule has 1 aromatic carbocycles. The summed E-state index contributed by atoms with van der Waals surface area (Å²) in [6.07, 6.45) is 1.33. The van der Waals surface area contributed by atoms with Gasteiger partial charge in [0.15, 0.2) is 5.78 Å². The minimum absolute atomic E-state index is 0.246. The van der Waals surface area contributed by atoms with E-state index in [0.29, 0.717) is 6.42 Å². The third-order valence-corrected chi connectivity index (χ3v) is 3.19. The Labute approximate surface area is 95.9 Å². The van der Waals surface area contributed by atoms with Gasteiger partial charge in [-0.25, -0.2) is 0 Å². The second-order valence-electron chi connectivity index (χ2n) is 4.05. The lowest BCUT2D eigenvalue weighted by molar-refractivity contribution is -0.115. The summed E-state index contributed by atoms with van der Waals surface area (Å²) in [4.78, 5) is 11.8. The van der Waals surface area contributed by atoms with Gasteiger partial charge in [0.2, 0.25) is 0 Å². The maximum absolute atomic E-state index is 11.8. The van der Waals surface area contributed by atoms with Gasteiger partial charge in [0.1, 0.15) is 5.75 Å². The van der Waals surface area contributed by atoms with Crippen molar-refractivity contribution < 1.29 is 9.53 Å². The normalized spacial score (nSPS) is 13.9. The van der Waals surface area contributed by atoms with Crippen molar-refractivity contribution in [3.05, 3.63) is 34.9 Å². The van der Waals surface area contributed by atoms with Crippen molar-refractivity contribution in [2.24, 2.45) is 0 Å². The van der Waals surface area contributed by atoms with Crippen molar-refractivity contribution in [3.8, 4) is 5.75 Å². The van der Waals surface area contributed by atoms with E-state index in [4.69, 9.17) is 4.74 Å². The first-order valence-corrected chi connectivity index (χ1v) is 5.58. The molecule has 0 heterocycles. The number of Topliss-reactive ketones (excluding diaryl/α,β-unsaturated/α-hetero) is 1. The molecule has 0 amide bonds. The molecule has 2 heteroatoms. The highest BCUT2D eigenvalue weighted by atomic mass is 16.5. The lowest BCUT2D eigenvalue weighted by atomic mass is 10.0. The van der Waals surface area contributed by atoms with Gasteiger partial charge in [-0.15, -0.1) is 0 Å². The summed E-state index contributed by atoms with van der Waals surface area (Å²) in [5.41, 5.74) is 4.34. The first kappa shape index (κ1) is 10.9. The molecule has 0 radical (unpaired) electrons. The quantitative estimate of drug-likeness (QED) is 0.776. The third kappa shape index (κ3) is 1.54. The van der Waals surface area contributed by atoms with Crippen LogP contribution in [-0.2, 0) is 11.2 Å². The molecule has 0 atom stereocenters. The van der Waals surface area contributed by atoms with Crippen LogP contribution in [0.5, 0.6) is 5.75 Å². The van der Waals surface area contributed by atoms with Gasteiger partial charge >= 0.3 is 0 Å². The van der Waals surface area contributed by atoms with E-state index in [1.807, 2.05) is 26.0 Å². The molecule has 0 aliphatic heterocycles. The van der Waals surface area contributed by atoms with Gasteiger partial charge in [0.05, 0.1) is 7.11 Å². The molecule has 2 nitrogen and oxygen atoms in total. The molecule has 0 saturated carbocycles. The number of fused-ring (bicyclic) bond motifs is 1. The Morgan fingerprint density at radius 3 is 2.81 bits per heavy atom. The fourth-order valence-corrected chi connectivity index (χ4v) is 2.31. The van der Waals surface area contributed by atoms with Crippen molar-refractivity contribution >= 4 is 11.4 Å². The van der Waals surface area contributed by atoms with Crippen LogP contribution >= 0.6 is 0 Å². The highest BCUT2D eigenvalue weighted by Crippen LogP contribution is 2.39. The molecule has 2 rings (SSSR count). The zero-order valence-electron chi connectivity index (χ0n) is 9.96. The summed E-state index contributed by atoms with van der Waals surface area (Å²) in [5, 5.41) is 0. The van der Waals surface area contributed by atoms with Crippen LogP contribution in [0.15, 0.2) is 23.8 Å². The monoisotopic (exact) mass is 216 g/mol. The lowest BCUT2D eigenvalue weighted by Crippen LogP contribution is -2.00. The summed E-state index contributed by atoms with van der Waals surface area (Å²) >= 11 is 0. The zero-order valence-corrected chi connectivity index (χ0v) is 9.96. The van der Waals surface area contributed by atoms with E-state index in [-0.39, 0.29) is 5.78 Å². The number of hydrogen-bond acceptors (Lipinski definition) is 2. The SMILES string of the molecule is CCC(=O)C1=C(C)c2c(cccc2OC)C1. The van der Waals surface area contributed by atoms with Crippen molar-refractivity contribution in [2.75, 3.05) is 7.11 Å². The molecule has 16 heavy (non-hydrogen) atoms. The number of rotatable bonds is 3. The van der Waals surface area contributed by atoms with Crippen LogP contribution < -0.4 is 4.74 Å². The number of carbonyl (C=O) groups is 1. The Balaban J connectivity index is 2.52. The molecule has 0 saturated heterocycles. The number of ketones is 1. The van der Waals surface area contributed by atoms with Crippen LogP contribution in [0.2, 0.25) is 0 Å². The van der Waals surface area contributed by atoms with E-state index in [9.17, 15) is 4.79 Å². The molecule has 84 valence electrons. The predicted molar refractivity (Wildman–Crippen MR) is 64.6 cm³/mol. The third-order valence-electron chi connectivity index (χ3n) is 3.19. The molecule has 1 aliphatic rings. The van der Waals surface area contributed by atoms with Crippen LogP contribution in [0.3, 0.4) is 0 Å². The molecule has 1 aromatic rings. The molecule has 0 bridgehead atoms. The van der Waals surface area contributed by atoms with Crippen molar-refractivity contribution in [1.82, 2.24) is 0 Å². The Hall–Kier alpha value is -1.57. The minimum Gasteiger partial charge on any atom is -0.496 e. The molecule has 0 N–H and O–H groups in total. The maximum Gasteiger partial charge on any atom is 0.159 e. The van der Waals surface area contributed by atoms with Gasteiger partial charge in [-0.3, -0.25) is 4.79 Å². The summed E-state index contributed by atoms with van der Waals surface area (Å²) < 4.78 is 5.34. The van der Waals surface area contributed by atoms with Gasteiger partial charge in [-0.05, 0) is 24.1 Å². The van der Waals surface area contributed by atoms with Crippen LogP contribution in [0, 0.1) is 0 Å². The average molecular weight is 216 g/mol. The number of allylic oxidation sites excluding steroid dienone is 2. The average Bonchev–Trinajstić information content (AvgIpc) is 2.66. The molecular weight excluding hydrogens is 200 g/mol. The molecule has 1 aliphatic carbocycles. The van der Waals surface area contributed by atoms with Crippen LogP contribution in [0.1, 0.15) is 31.4 Å². The first-order chi connectivity index (χ1) is 7.69. The van der Waals surface area contributed by atoms with Gasteiger partial charge in [0, 0.05) is 24.0 Å². The van der Waals surface area contributed by atoms with Gasteiger partial charge < -0.3 is 4.74 Å². The van der Waals surface area contributed by atoms with Gasteiger partial charge in [0.25, 0.3) is 0 Å². The van der Waals surface area contributed by atoms with Gasteiger partial charge in [-0.1, -0.05) is 19.1 Å². The number of methoxy groups -OCH3 is 1. The molecule has 0 aromatic heterocycles. The molecular formula is C14H16O2. The van der Waals surface area contributed by atoms with E-state index in [1.54, 1.807) is 7.11 Å². The van der Waals surface area contributed by atoms with Crippen molar-refractivity contribution in [3.63, 3.8) is 0 Å². The predicted octanol–water partition coefficient (Wildman–Crippen LogP) is 3.00. The second-order valence-corrected chi connectivity index (χ2v) is 4.05. The summed E-state index contributed by atoms with van der Waals surface area (Å²) in [5.74, 6) is 1.12. The van der Waals surface area contributed by atoms with Crippen LogP contribution in [0.25, 0.3) is 5.57 Å². The molecule has 0 fully saturated rings. The fraction of sp³-hybridized carbons (Fsp3) is 0.357. The topological polar surface area (TPSA) is 26.3 Å². The van der Waals surface area contributed by atoms with Crippen LogP contribution in [-0.4, -0.2) is 12.9 Å². The molecule has 0 spiro atoms. The van der Waals surface area contributed by atoms with Crippen molar-refractivity contribution in [1.29, 1.82) is 0 Å². The maximum atomic E-state index is 11.8. The summed E-state index contributed by atoms with van der Waals surface area (Å²) in [6, 6.07) is 5.99. The summed E-state index contributed by atoms with van der Waals surface area (Å²) in [7, 11) is 1.67. The first-order valence-electron chi connectivity index (χ1n) is 5.58. The number of hydrogen-bond donors (Lipinski definition) is 0. The lowest BCUT2D eigenvalue weighted by Gasteiger charge is -2.07. The Kier molecular flexibility index (Phi) is 2.82. The Morgan fingerprint density at radius 1 is 1.44 bits per heavy atom. The van der Waals surface area contributed by atoms with Crippen molar-refractivity contribution in [2.45, 2.75) is 26.7 Å². The van der Waals surface area contributed by atoms with E-state index < -0.39 is 0 Å². The number of ether oxygens (including phenoxy) is 1. The summed E-state index contributed by atoms with van der Waals surface area (Å²) in [6.45, 7) is 3.92. The number of carbonyl (C=O) groups excluding carboxylic acids is 1. The standard InChI is InChI=1S/C14H16O2/c1-4-12(15)11-8-10-6-5-7-13(16-3)14(10)9(11)2/h5-7H,4,8H2,1-3H3. The highest BCUT2D eigenvalue weighted by molar-refractivity contribution is 6.05. The van der Waals surface area contributed by atoms with Gasteiger partial charge in [-0.2, -0.15) is 0 Å². The second kappa shape index (κ2) is 4.12. The van der Waals surface area contributed by atoms with E-state index >= 15 is 0 Å². The fourth-order valence-electron chi connectivity index (χ4n) is 2.31. The number of benzene rings is 1. The highest BCUT2D eigenvalue weighted by Gasteiger charge is 2.24. The van der Waals surface area contributed by atoms with Crippen LogP contribution in [0.4, 0.5) is 0 Å².